The summed E-state index contributed by atoms with van der Waals surface area (Å²) in [5.41, 5.74) is 17.7. The number of aromatic nitrogens is 3. The fourth-order valence-corrected chi connectivity index (χ4v) is 7.51. The van der Waals surface area contributed by atoms with Crippen LogP contribution in [0.2, 0.25) is 0 Å². The van der Waals surface area contributed by atoms with Crippen molar-refractivity contribution < 1.29 is 21.1 Å². The number of rotatable bonds is 5. The number of hydrogen-bond donors (Lipinski definition) is 0. The van der Waals surface area contributed by atoms with Crippen LogP contribution in [-0.4, -0.2) is 9.97 Å². The quantitative estimate of drug-likeness (QED) is 0.162. The molecule has 8 rings (SSSR count). The minimum absolute atomic E-state index is 0. The molecule has 5 aromatic carbocycles. The summed E-state index contributed by atoms with van der Waals surface area (Å²) < 4.78 is 0. The van der Waals surface area contributed by atoms with E-state index in [0.717, 1.165) is 66.6 Å². The molecule has 3 aromatic heterocycles. The predicted octanol–water partition coefficient (Wildman–Crippen LogP) is 13.1. The molecule has 3 heterocycles. The number of fused-ring (bicyclic) bond motifs is 3. The van der Waals surface area contributed by atoms with Crippen LogP contribution in [0.1, 0.15) is 63.8 Å². The Morgan fingerprint density at radius 2 is 1.09 bits per heavy atom. The van der Waals surface area contributed by atoms with Crippen molar-refractivity contribution in [3.63, 3.8) is 0 Å². The average Bonchev–Trinajstić information content (AvgIpc) is 3.53. The third-order valence-electron chi connectivity index (χ3n) is 10.5. The summed E-state index contributed by atoms with van der Waals surface area (Å²) in [7, 11) is 0. The first kappa shape index (κ1) is 37.2. The van der Waals surface area contributed by atoms with Gasteiger partial charge >= 0.3 is 21.1 Å². The first-order valence-electron chi connectivity index (χ1n) is 18.5. The van der Waals surface area contributed by atoms with Gasteiger partial charge in [0, 0.05) is 18.1 Å². The first-order valence-corrected chi connectivity index (χ1v) is 18.5. The third-order valence-corrected chi connectivity index (χ3v) is 10.5. The molecule has 0 atom stereocenters. The summed E-state index contributed by atoms with van der Waals surface area (Å²) in [6.07, 6.45) is 3.78. The second-order valence-corrected chi connectivity index (χ2v) is 16.4. The van der Waals surface area contributed by atoms with Crippen molar-refractivity contribution in [3.05, 3.63) is 156 Å². The zero-order valence-corrected chi connectivity index (χ0v) is 34.6. The van der Waals surface area contributed by atoms with Crippen LogP contribution in [0.3, 0.4) is 0 Å². The number of para-hydroxylation sites is 2. The molecule has 0 saturated carbocycles. The fourth-order valence-electron chi connectivity index (χ4n) is 7.51. The monoisotopic (exact) mass is 882 g/mol. The van der Waals surface area contributed by atoms with E-state index in [1.54, 1.807) is 0 Å². The molecular weight excluding hydrogens is 838 g/mol. The second-order valence-electron chi connectivity index (χ2n) is 16.4. The number of pyridine rings is 2. The van der Waals surface area contributed by atoms with Crippen molar-refractivity contribution in [2.75, 3.05) is 0 Å². The van der Waals surface area contributed by atoms with Crippen LogP contribution < -0.4 is 4.98 Å². The van der Waals surface area contributed by atoms with E-state index in [4.69, 9.17) is 15.0 Å². The number of hydrogen-bond acceptors (Lipinski definition) is 2. The average molecular weight is 883 g/mol. The van der Waals surface area contributed by atoms with Gasteiger partial charge in [-0.25, -0.2) is 0 Å². The summed E-state index contributed by atoms with van der Waals surface area (Å²) in [5, 5.41) is 2.24. The molecule has 0 spiro atoms. The van der Waals surface area contributed by atoms with Crippen LogP contribution in [0.15, 0.2) is 128 Å². The summed E-state index contributed by atoms with van der Waals surface area (Å²) >= 11 is 0. The van der Waals surface area contributed by atoms with Gasteiger partial charge in [-0.1, -0.05) is 143 Å². The molecule has 4 heteroatoms. The Morgan fingerprint density at radius 3 is 1.72 bits per heavy atom. The van der Waals surface area contributed by atoms with Gasteiger partial charge in [-0.05, 0) is 98.2 Å². The van der Waals surface area contributed by atoms with Crippen molar-refractivity contribution in [2.24, 2.45) is 0 Å². The molecule has 0 aliphatic heterocycles. The van der Waals surface area contributed by atoms with E-state index in [1.165, 1.54) is 33.4 Å². The van der Waals surface area contributed by atoms with Crippen molar-refractivity contribution in [3.8, 4) is 55.9 Å². The van der Waals surface area contributed by atoms with Crippen molar-refractivity contribution in [1.82, 2.24) is 15.0 Å². The van der Waals surface area contributed by atoms with Crippen LogP contribution in [0, 0.1) is 19.9 Å². The summed E-state index contributed by atoms with van der Waals surface area (Å²) in [5.74, 6) is 0. The van der Waals surface area contributed by atoms with Gasteiger partial charge in [0.15, 0.2) is 0 Å². The van der Waals surface area contributed by atoms with Gasteiger partial charge in [0.2, 0.25) is 0 Å². The Balaban J connectivity index is 0.00000450. The van der Waals surface area contributed by atoms with Gasteiger partial charge < -0.3 is 4.98 Å². The fraction of sp³-hybridized carbons (Fsp3) is 0.200. The smallest absolute Gasteiger partial charge is 0.662 e. The molecule has 270 valence electrons. The minimum atomic E-state index is 0. The van der Waals surface area contributed by atoms with Crippen LogP contribution in [0.4, 0.5) is 0 Å². The van der Waals surface area contributed by atoms with E-state index in [9.17, 15) is 0 Å². The molecule has 0 fully saturated rings. The van der Waals surface area contributed by atoms with E-state index in [1.807, 2.05) is 24.5 Å². The molecule has 0 bridgehead atoms. The summed E-state index contributed by atoms with van der Waals surface area (Å²) in [6.45, 7) is 18.1. The molecule has 54 heavy (non-hydrogen) atoms. The van der Waals surface area contributed by atoms with E-state index >= 15 is 0 Å². The Kier molecular flexibility index (Phi) is 9.84. The van der Waals surface area contributed by atoms with Crippen molar-refractivity contribution in [1.29, 1.82) is 0 Å². The molecule has 0 aliphatic rings. The Hall–Kier alpha value is -5.11. The number of benzene rings is 5. The van der Waals surface area contributed by atoms with Crippen molar-refractivity contribution >= 4 is 21.8 Å². The van der Waals surface area contributed by atoms with E-state index in [0.29, 0.717) is 0 Å². The normalized spacial score (nSPS) is 11.9. The molecule has 0 amide bonds. The molecule has 0 radical (unpaired) electrons. The number of aryl methyl sites for hydroxylation is 2. The largest absolute Gasteiger partial charge is 2.00 e. The third kappa shape index (κ3) is 6.99. The van der Waals surface area contributed by atoms with Gasteiger partial charge in [0.25, 0.3) is 0 Å². The maximum Gasteiger partial charge on any atom is 2.00 e. The predicted molar refractivity (Wildman–Crippen MR) is 223 cm³/mol. The molecule has 0 unspecified atom stereocenters. The van der Waals surface area contributed by atoms with Crippen molar-refractivity contribution in [2.45, 2.75) is 66.2 Å². The summed E-state index contributed by atoms with van der Waals surface area (Å²) in [6, 6.07) is 45.1. The van der Waals surface area contributed by atoms with Gasteiger partial charge in [-0.3, -0.25) is 9.97 Å². The standard InChI is InChI=1S/C50H45N3.Pt/c1-31-14-11-15-32(2)46(31)37-25-35(24-36(26-37)44-20-9-10-22-51-44)40-16-12-17-41-42-18-13-19-43(48(42)53-47(40)41)45-29-33(21-23-52-45)34-27-38(49(3,4)5)30-39(28-34)50(6,7)8;/h9-23,25-30H,1-8H3;/q-2;+2. The van der Waals surface area contributed by atoms with E-state index in [-0.39, 0.29) is 31.9 Å². The zero-order valence-electron chi connectivity index (χ0n) is 32.3. The summed E-state index contributed by atoms with van der Waals surface area (Å²) in [4.78, 5) is 15.1. The molecule has 0 saturated heterocycles. The second kappa shape index (κ2) is 14.3. The zero-order chi connectivity index (χ0) is 37.1. The maximum absolute atomic E-state index is 5.43. The molecule has 0 aliphatic carbocycles. The maximum atomic E-state index is 5.43. The van der Waals surface area contributed by atoms with Gasteiger partial charge in [0.05, 0.1) is 5.69 Å². The van der Waals surface area contributed by atoms with Crippen LogP contribution in [-0.2, 0) is 31.9 Å². The topological polar surface area (TPSA) is 39.9 Å². The Morgan fingerprint density at radius 1 is 0.500 bits per heavy atom. The Labute approximate surface area is 334 Å². The minimum Gasteiger partial charge on any atom is -0.662 e. The van der Waals surface area contributed by atoms with Gasteiger partial charge in [-0.15, -0.1) is 29.3 Å². The van der Waals surface area contributed by atoms with Gasteiger partial charge in [0.1, 0.15) is 0 Å². The van der Waals surface area contributed by atoms with Crippen LogP contribution >= 0.6 is 0 Å². The SMILES string of the molecule is Cc1cccc(C)c1-c1cc(-c2ccccn2)[c-]c(-c2cccc3c2[n-]c2c(-c4cc(-c5cc(C(C)(C)C)cc(C(C)(C)C)c5)ccn4)cccc23)c1.[Pt+2]. The molecule has 8 aromatic rings. The van der Waals surface area contributed by atoms with Gasteiger partial charge in [-0.2, -0.15) is 5.52 Å². The van der Waals surface area contributed by atoms with E-state index < -0.39 is 0 Å². The Bertz CT molecular complexity index is 2600. The van der Waals surface area contributed by atoms with Crippen LogP contribution in [0.25, 0.3) is 77.7 Å². The molecule has 0 N–H and O–H groups in total. The molecular formula is C50H45N3Pt. The van der Waals surface area contributed by atoms with Crippen LogP contribution in [0.5, 0.6) is 0 Å². The van der Waals surface area contributed by atoms with E-state index in [2.05, 4.69) is 165 Å². The number of nitrogens with zero attached hydrogens (tertiary/aromatic N) is 3. The molecule has 3 nitrogen and oxygen atoms in total. The first-order chi connectivity index (χ1) is 25.3.